The van der Waals surface area contributed by atoms with Crippen LogP contribution in [0.3, 0.4) is 0 Å². The molecule has 0 aliphatic heterocycles. The molecule has 1 rings (SSSR count). The van der Waals surface area contributed by atoms with E-state index in [1.165, 1.54) is 18.7 Å². The van der Waals surface area contributed by atoms with Crippen LogP contribution >= 0.6 is 11.8 Å². The summed E-state index contributed by atoms with van der Waals surface area (Å²) in [6.07, 6.45) is -1.15. The number of hydrogen-bond acceptors (Lipinski definition) is 6. The molecule has 0 spiro atoms. The number of thioether (sulfide) groups is 1. The number of benzene rings is 1. The molecule has 1 aromatic carbocycles. The van der Waals surface area contributed by atoms with Crippen LogP contribution in [-0.4, -0.2) is 48.3 Å². The predicted octanol–water partition coefficient (Wildman–Crippen LogP) is 1.69. The molecule has 8 nitrogen and oxygen atoms in total. The zero-order valence-electron chi connectivity index (χ0n) is 15.8. The number of ether oxygens (including phenoxy) is 1. The number of carbonyl (C=O) groups is 4. The fraction of sp³-hybridized carbons (Fsp3) is 0.444. The van der Waals surface area contributed by atoms with Crippen LogP contribution in [-0.2, 0) is 14.3 Å². The van der Waals surface area contributed by atoms with Gasteiger partial charge in [-0.1, -0.05) is 12.1 Å². The van der Waals surface area contributed by atoms with Crippen LogP contribution < -0.4 is 16.0 Å². The highest BCUT2D eigenvalue weighted by atomic mass is 32.2. The Balaban J connectivity index is 2.70. The van der Waals surface area contributed by atoms with Crippen molar-refractivity contribution >= 4 is 35.6 Å². The molecule has 1 atom stereocenters. The van der Waals surface area contributed by atoms with Gasteiger partial charge >= 0.3 is 12.0 Å². The van der Waals surface area contributed by atoms with E-state index in [-0.39, 0.29) is 23.3 Å². The van der Waals surface area contributed by atoms with Crippen molar-refractivity contribution in [3.05, 3.63) is 29.8 Å². The van der Waals surface area contributed by atoms with E-state index in [1.54, 1.807) is 31.2 Å². The Morgan fingerprint density at radius 1 is 1.11 bits per heavy atom. The van der Waals surface area contributed by atoms with E-state index >= 15 is 0 Å². The molecule has 0 aromatic heterocycles. The summed E-state index contributed by atoms with van der Waals surface area (Å²) in [6.45, 7) is 7.17. The molecule has 0 saturated carbocycles. The molecule has 0 saturated heterocycles. The largest absolute Gasteiger partial charge is 0.449 e. The zero-order chi connectivity index (χ0) is 20.4. The Morgan fingerprint density at radius 3 is 2.41 bits per heavy atom. The van der Waals surface area contributed by atoms with Crippen LogP contribution in [0.5, 0.6) is 0 Å². The monoisotopic (exact) mass is 395 g/mol. The highest BCUT2D eigenvalue weighted by molar-refractivity contribution is 8.00. The number of esters is 1. The van der Waals surface area contributed by atoms with Gasteiger partial charge in [-0.05, 0) is 39.8 Å². The molecule has 0 aliphatic carbocycles. The third-order valence-corrected chi connectivity index (χ3v) is 4.22. The Kier molecular flexibility index (Phi) is 9.35. The first kappa shape index (κ1) is 22.5. The van der Waals surface area contributed by atoms with Crippen LogP contribution in [0.4, 0.5) is 4.79 Å². The standard InChI is InChI=1S/C18H25N3O5S/c1-5-19-18(25)21-16(23)12(4)26-17(24)13-8-6-7-9-14(13)27-10-15(22)20-11(2)3/h6-9,11-12H,5,10H2,1-4H3,(H,20,22)(H2,19,21,23,25)/t12-/m0/s1. The molecule has 0 unspecified atom stereocenters. The third-order valence-electron chi connectivity index (χ3n) is 3.14. The summed E-state index contributed by atoms with van der Waals surface area (Å²) in [5.41, 5.74) is 0.248. The van der Waals surface area contributed by atoms with Gasteiger partial charge in [-0.15, -0.1) is 11.8 Å². The SMILES string of the molecule is CCNC(=O)NC(=O)[C@H](C)OC(=O)c1ccccc1SCC(=O)NC(C)C. The number of carbonyl (C=O) groups excluding carboxylic acids is 4. The zero-order valence-corrected chi connectivity index (χ0v) is 16.6. The smallest absolute Gasteiger partial charge is 0.340 e. The van der Waals surface area contributed by atoms with Crippen molar-refractivity contribution < 1.29 is 23.9 Å². The van der Waals surface area contributed by atoms with E-state index in [0.717, 1.165) is 0 Å². The van der Waals surface area contributed by atoms with Crippen molar-refractivity contribution in [1.82, 2.24) is 16.0 Å². The lowest BCUT2D eigenvalue weighted by Gasteiger charge is -2.15. The van der Waals surface area contributed by atoms with Gasteiger partial charge in [0.1, 0.15) is 0 Å². The summed E-state index contributed by atoms with van der Waals surface area (Å²) in [6, 6.07) is 6.03. The van der Waals surface area contributed by atoms with E-state index in [1.807, 2.05) is 13.8 Å². The fourth-order valence-corrected chi connectivity index (χ4v) is 2.82. The number of imide groups is 1. The van der Waals surface area contributed by atoms with E-state index in [0.29, 0.717) is 11.4 Å². The first-order valence-electron chi connectivity index (χ1n) is 8.55. The fourth-order valence-electron chi connectivity index (χ4n) is 1.96. The molecule has 0 aliphatic rings. The van der Waals surface area contributed by atoms with E-state index in [2.05, 4.69) is 16.0 Å². The third kappa shape index (κ3) is 8.12. The number of amides is 4. The average molecular weight is 395 g/mol. The summed E-state index contributed by atoms with van der Waals surface area (Å²) in [4.78, 5) is 48.0. The van der Waals surface area contributed by atoms with Crippen molar-refractivity contribution in [3.63, 3.8) is 0 Å². The predicted molar refractivity (Wildman–Crippen MR) is 103 cm³/mol. The van der Waals surface area contributed by atoms with E-state index in [4.69, 9.17) is 4.74 Å². The molecular formula is C18H25N3O5S. The molecule has 4 amide bonds. The lowest BCUT2D eigenvalue weighted by Crippen LogP contribution is -2.44. The molecule has 0 fully saturated rings. The maximum absolute atomic E-state index is 12.4. The highest BCUT2D eigenvalue weighted by Gasteiger charge is 2.22. The van der Waals surface area contributed by atoms with Gasteiger partial charge in [0, 0.05) is 17.5 Å². The minimum Gasteiger partial charge on any atom is -0.449 e. The minimum atomic E-state index is -1.15. The maximum Gasteiger partial charge on any atom is 0.340 e. The minimum absolute atomic E-state index is 0.0302. The van der Waals surface area contributed by atoms with Gasteiger partial charge in [0.2, 0.25) is 5.91 Å². The lowest BCUT2D eigenvalue weighted by molar-refractivity contribution is -0.128. The molecule has 27 heavy (non-hydrogen) atoms. The molecule has 1 aromatic rings. The quantitative estimate of drug-likeness (QED) is 0.456. The van der Waals surface area contributed by atoms with Gasteiger partial charge in [-0.3, -0.25) is 14.9 Å². The maximum atomic E-state index is 12.4. The average Bonchev–Trinajstić information content (AvgIpc) is 2.59. The molecule has 0 radical (unpaired) electrons. The Bertz CT molecular complexity index is 693. The Hall–Kier alpha value is -2.55. The summed E-state index contributed by atoms with van der Waals surface area (Å²) in [5, 5.41) is 7.27. The first-order chi connectivity index (χ1) is 12.7. The number of urea groups is 1. The summed E-state index contributed by atoms with van der Waals surface area (Å²) in [7, 11) is 0. The van der Waals surface area contributed by atoms with Crippen LogP contribution in [0.2, 0.25) is 0 Å². The summed E-state index contributed by atoms with van der Waals surface area (Å²) < 4.78 is 5.14. The van der Waals surface area contributed by atoms with Crippen molar-refractivity contribution in [2.24, 2.45) is 0 Å². The Morgan fingerprint density at radius 2 is 1.78 bits per heavy atom. The van der Waals surface area contributed by atoms with Gasteiger partial charge in [0.25, 0.3) is 5.91 Å². The van der Waals surface area contributed by atoms with Gasteiger partial charge < -0.3 is 15.4 Å². The molecule has 0 bridgehead atoms. The summed E-state index contributed by atoms with van der Waals surface area (Å²) in [5.74, 6) is -1.43. The molecule has 9 heteroatoms. The molecular weight excluding hydrogens is 370 g/mol. The second kappa shape index (κ2) is 11.2. The van der Waals surface area contributed by atoms with Crippen molar-refractivity contribution in [1.29, 1.82) is 0 Å². The van der Waals surface area contributed by atoms with Crippen molar-refractivity contribution in [2.75, 3.05) is 12.3 Å². The second-order valence-electron chi connectivity index (χ2n) is 5.90. The molecule has 148 valence electrons. The van der Waals surface area contributed by atoms with E-state index < -0.39 is 24.0 Å². The second-order valence-corrected chi connectivity index (χ2v) is 6.92. The normalized spacial score (nSPS) is 11.4. The molecule has 0 heterocycles. The number of rotatable bonds is 8. The van der Waals surface area contributed by atoms with Crippen LogP contribution in [0.1, 0.15) is 38.1 Å². The van der Waals surface area contributed by atoms with Crippen molar-refractivity contribution in [2.45, 2.75) is 44.7 Å². The topological polar surface area (TPSA) is 114 Å². The summed E-state index contributed by atoms with van der Waals surface area (Å²) >= 11 is 1.20. The van der Waals surface area contributed by atoms with Gasteiger partial charge in [-0.25, -0.2) is 9.59 Å². The number of nitrogens with one attached hydrogen (secondary N) is 3. The molecule has 3 N–H and O–H groups in total. The van der Waals surface area contributed by atoms with Gasteiger partial charge in [0.05, 0.1) is 11.3 Å². The Labute approximate surface area is 162 Å². The lowest BCUT2D eigenvalue weighted by atomic mass is 10.2. The van der Waals surface area contributed by atoms with Crippen molar-refractivity contribution in [3.8, 4) is 0 Å². The first-order valence-corrected chi connectivity index (χ1v) is 9.54. The van der Waals surface area contributed by atoms with Gasteiger partial charge in [0.15, 0.2) is 6.10 Å². The van der Waals surface area contributed by atoms with Crippen LogP contribution in [0.15, 0.2) is 29.2 Å². The van der Waals surface area contributed by atoms with Crippen LogP contribution in [0, 0.1) is 0 Å². The number of hydrogen-bond donors (Lipinski definition) is 3. The highest BCUT2D eigenvalue weighted by Crippen LogP contribution is 2.23. The van der Waals surface area contributed by atoms with Crippen LogP contribution in [0.25, 0.3) is 0 Å². The van der Waals surface area contributed by atoms with Gasteiger partial charge in [-0.2, -0.15) is 0 Å². The van der Waals surface area contributed by atoms with E-state index in [9.17, 15) is 19.2 Å².